The average Bonchev–Trinajstić information content (AvgIpc) is 2.62. The Morgan fingerprint density at radius 2 is 2.08 bits per heavy atom. The van der Waals surface area contributed by atoms with Gasteiger partial charge in [0.15, 0.2) is 5.16 Å². The number of benzene rings is 2. The Bertz CT molecular complexity index is 950. The van der Waals surface area contributed by atoms with E-state index in [2.05, 4.69) is 11.6 Å². The second-order valence-electron chi connectivity index (χ2n) is 5.63. The van der Waals surface area contributed by atoms with Crippen molar-refractivity contribution in [1.82, 2.24) is 9.55 Å². The van der Waals surface area contributed by atoms with Crippen molar-refractivity contribution in [3.8, 4) is 5.75 Å². The second kappa shape index (κ2) is 8.03. The molecule has 0 saturated carbocycles. The monoisotopic (exact) mass is 352 g/mol. The molecule has 0 bridgehead atoms. The summed E-state index contributed by atoms with van der Waals surface area (Å²) in [5, 5.41) is 1.32. The first-order valence-electron chi connectivity index (χ1n) is 8.12. The summed E-state index contributed by atoms with van der Waals surface area (Å²) in [6.45, 7) is 6.77. The Morgan fingerprint density at radius 1 is 1.24 bits per heavy atom. The summed E-state index contributed by atoms with van der Waals surface area (Å²) < 4.78 is 7.43. The number of fused-ring (bicyclic) bond motifs is 1. The predicted molar refractivity (Wildman–Crippen MR) is 104 cm³/mol. The number of nitrogens with zero attached hydrogens (tertiary/aromatic N) is 2. The first-order chi connectivity index (χ1) is 12.2. The molecule has 2 aromatic carbocycles. The van der Waals surface area contributed by atoms with E-state index in [9.17, 15) is 4.79 Å². The quantitative estimate of drug-likeness (QED) is 0.278. The Hall–Kier alpha value is -2.53. The van der Waals surface area contributed by atoms with Gasteiger partial charge in [0.05, 0.1) is 17.5 Å². The highest BCUT2D eigenvalue weighted by Gasteiger charge is 2.10. The highest BCUT2D eigenvalue weighted by molar-refractivity contribution is 7.99. The zero-order valence-electron chi connectivity index (χ0n) is 14.1. The number of allylic oxidation sites excluding steroid dienone is 1. The summed E-state index contributed by atoms with van der Waals surface area (Å²) in [7, 11) is 0. The summed E-state index contributed by atoms with van der Waals surface area (Å²) in [5.41, 5.74) is 1.85. The molecule has 128 valence electrons. The molecule has 1 heterocycles. The maximum atomic E-state index is 12.7. The normalized spacial score (nSPS) is 10.8. The van der Waals surface area contributed by atoms with E-state index in [1.807, 2.05) is 49.4 Å². The molecule has 5 heteroatoms. The highest BCUT2D eigenvalue weighted by Crippen LogP contribution is 2.19. The van der Waals surface area contributed by atoms with Gasteiger partial charge in [-0.2, -0.15) is 0 Å². The molecular weight excluding hydrogens is 332 g/mol. The smallest absolute Gasteiger partial charge is 0.262 e. The largest absolute Gasteiger partial charge is 0.493 e. The molecule has 0 radical (unpaired) electrons. The van der Waals surface area contributed by atoms with E-state index in [4.69, 9.17) is 4.74 Å². The Morgan fingerprint density at radius 3 is 2.88 bits per heavy atom. The van der Waals surface area contributed by atoms with Crippen molar-refractivity contribution in [2.75, 3.05) is 12.4 Å². The number of hydrogen-bond acceptors (Lipinski definition) is 4. The molecule has 0 saturated heterocycles. The second-order valence-corrected chi connectivity index (χ2v) is 6.69. The number of ether oxygens (including phenoxy) is 1. The van der Waals surface area contributed by atoms with Crippen molar-refractivity contribution in [2.24, 2.45) is 0 Å². The topological polar surface area (TPSA) is 44.1 Å². The fraction of sp³-hybridized carbons (Fsp3) is 0.200. The first-order valence-corrected chi connectivity index (χ1v) is 9.10. The number of aromatic nitrogens is 2. The molecule has 4 nitrogen and oxygen atoms in total. The van der Waals surface area contributed by atoms with Crippen LogP contribution < -0.4 is 10.3 Å². The van der Waals surface area contributed by atoms with Crippen LogP contribution in [0.25, 0.3) is 10.9 Å². The van der Waals surface area contributed by atoms with Gasteiger partial charge in [-0.15, -0.1) is 6.58 Å². The predicted octanol–water partition coefficient (Wildman–Crippen LogP) is 4.06. The van der Waals surface area contributed by atoms with Crippen molar-refractivity contribution in [3.63, 3.8) is 0 Å². The summed E-state index contributed by atoms with van der Waals surface area (Å²) >= 11 is 1.52. The lowest BCUT2D eigenvalue weighted by Gasteiger charge is -2.12. The fourth-order valence-electron chi connectivity index (χ4n) is 2.55. The minimum atomic E-state index is -0.0346. The van der Waals surface area contributed by atoms with Crippen LogP contribution in [-0.4, -0.2) is 21.9 Å². The summed E-state index contributed by atoms with van der Waals surface area (Å²) in [4.78, 5) is 17.3. The van der Waals surface area contributed by atoms with E-state index < -0.39 is 0 Å². The van der Waals surface area contributed by atoms with E-state index in [0.29, 0.717) is 29.4 Å². The standard InChI is InChI=1S/C20H20N2O2S/c1-3-11-22-19(23)17-9-4-5-10-18(17)21-20(22)25-13-12-24-16-8-6-7-15(2)14-16/h3-10,14H,1,11-13H2,2H3. The van der Waals surface area contributed by atoms with Gasteiger partial charge >= 0.3 is 0 Å². The van der Waals surface area contributed by atoms with Crippen molar-refractivity contribution < 1.29 is 4.74 Å². The third-order valence-electron chi connectivity index (χ3n) is 3.71. The molecule has 0 aliphatic carbocycles. The fourth-order valence-corrected chi connectivity index (χ4v) is 3.37. The zero-order chi connectivity index (χ0) is 17.6. The van der Waals surface area contributed by atoms with Gasteiger partial charge in [0.2, 0.25) is 0 Å². The van der Waals surface area contributed by atoms with E-state index >= 15 is 0 Å². The molecule has 0 unspecified atom stereocenters. The van der Waals surface area contributed by atoms with E-state index in [0.717, 1.165) is 11.3 Å². The van der Waals surface area contributed by atoms with Crippen molar-refractivity contribution >= 4 is 22.7 Å². The van der Waals surface area contributed by atoms with Crippen LogP contribution in [0.1, 0.15) is 5.56 Å². The minimum absolute atomic E-state index is 0.0346. The van der Waals surface area contributed by atoms with E-state index in [-0.39, 0.29) is 5.56 Å². The Balaban J connectivity index is 1.75. The van der Waals surface area contributed by atoms with Gasteiger partial charge in [0.1, 0.15) is 5.75 Å². The summed E-state index contributed by atoms with van der Waals surface area (Å²) in [6.07, 6.45) is 1.71. The lowest BCUT2D eigenvalue weighted by Crippen LogP contribution is -2.23. The highest BCUT2D eigenvalue weighted by atomic mass is 32.2. The molecular formula is C20H20N2O2S. The molecule has 0 spiro atoms. The van der Waals surface area contributed by atoms with Crippen molar-refractivity contribution in [2.45, 2.75) is 18.6 Å². The molecule has 3 rings (SSSR count). The molecule has 0 aliphatic rings. The van der Waals surface area contributed by atoms with Crippen LogP contribution in [0.15, 0.2) is 71.1 Å². The SMILES string of the molecule is C=CCn1c(SCCOc2cccc(C)c2)nc2ccccc2c1=O. The summed E-state index contributed by atoms with van der Waals surface area (Å²) in [6, 6.07) is 15.4. The zero-order valence-corrected chi connectivity index (χ0v) is 15.0. The third kappa shape index (κ3) is 4.12. The number of thioether (sulfide) groups is 1. The van der Waals surface area contributed by atoms with Crippen LogP contribution in [-0.2, 0) is 6.54 Å². The van der Waals surface area contributed by atoms with Crippen LogP contribution in [0.4, 0.5) is 0 Å². The van der Waals surface area contributed by atoms with Crippen molar-refractivity contribution in [3.05, 3.63) is 77.1 Å². The van der Waals surface area contributed by atoms with Crippen LogP contribution in [0.5, 0.6) is 5.75 Å². The van der Waals surface area contributed by atoms with Crippen LogP contribution in [0, 0.1) is 6.92 Å². The molecule has 0 N–H and O–H groups in total. The third-order valence-corrected chi connectivity index (χ3v) is 4.65. The number of rotatable bonds is 7. The average molecular weight is 352 g/mol. The van der Waals surface area contributed by atoms with Gasteiger partial charge in [-0.3, -0.25) is 9.36 Å². The molecule has 0 aliphatic heterocycles. The van der Waals surface area contributed by atoms with Gasteiger partial charge < -0.3 is 4.74 Å². The molecule has 0 fully saturated rings. The molecule has 1 aromatic heterocycles. The van der Waals surface area contributed by atoms with Crippen LogP contribution in [0.2, 0.25) is 0 Å². The van der Waals surface area contributed by atoms with Crippen LogP contribution >= 0.6 is 11.8 Å². The van der Waals surface area contributed by atoms with Crippen LogP contribution in [0.3, 0.4) is 0 Å². The summed E-state index contributed by atoms with van der Waals surface area (Å²) in [5.74, 6) is 1.56. The van der Waals surface area contributed by atoms with Gasteiger partial charge in [-0.05, 0) is 36.8 Å². The van der Waals surface area contributed by atoms with E-state index in [1.165, 1.54) is 17.3 Å². The van der Waals surface area contributed by atoms with Gasteiger partial charge in [-0.25, -0.2) is 4.98 Å². The number of hydrogen-bond donors (Lipinski definition) is 0. The van der Waals surface area contributed by atoms with E-state index in [1.54, 1.807) is 16.7 Å². The lowest BCUT2D eigenvalue weighted by molar-refractivity contribution is 0.343. The number of aryl methyl sites for hydroxylation is 1. The molecule has 0 amide bonds. The Labute approximate surface area is 151 Å². The number of para-hydroxylation sites is 1. The molecule has 25 heavy (non-hydrogen) atoms. The Kier molecular flexibility index (Phi) is 5.56. The minimum Gasteiger partial charge on any atom is -0.493 e. The maximum absolute atomic E-state index is 12.7. The lowest BCUT2D eigenvalue weighted by atomic mass is 10.2. The molecule has 3 aromatic rings. The van der Waals surface area contributed by atoms with Crippen molar-refractivity contribution in [1.29, 1.82) is 0 Å². The van der Waals surface area contributed by atoms with Gasteiger partial charge in [0, 0.05) is 12.3 Å². The molecule has 0 atom stereocenters. The first kappa shape index (κ1) is 17.3. The van der Waals surface area contributed by atoms with Gasteiger partial charge in [-0.1, -0.05) is 42.1 Å². The van der Waals surface area contributed by atoms with Gasteiger partial charge in [0.25, 0.3) is 5.56 Å². The maximum Gasteiger partial charge on any atom is 0.262 e.